The third-order valence-corrected chi connectivity index (χ3v) is 7.25. The number of allylic oxidation sites excluding steroid dienone is 1. The summed E-state index contributed by atoms with van der Waals surface area (Å²) in [5, 5.41) is 19.6. The summed E-state index contributed by atoms with van der Waals surface area (Å²) >= 11 is 0. The molecule has 0 atom stereocenters. The average Bonchev–Trinajstić information content (AvgIpc) is 3.29. The molecule has 0 aliphatic carbocycles. The van der Waals surface area contributed by atoms with Gasteiger partial charge in [0.2, 0.25) is 5.95 Å². The molecule has 9 heteroatoms. The van der Waals surface area contributed by atoms with Crippen molar-refractivity contribution in [2.75, 3.05) is 37.8 Å². The molecule has 1 aliphatic rings. The Hall–Kier alpha value is -4.24. The largest absolute Gasteiger partial charge is 0.378 e. The van der Waals surface area contributed by atoms with Crippen LogP contribution in [0, 0.1) is 10.1 Å². The van der Waals surface area contributed by atoms with Crippen molar-refractivity contribution in [1.29, 1.82) is 0 Å². The van der Waals surface area contributed by atoms with E-state index in [1.165, 1.54) is 11.1 Å². The van der Waals surface area contributed by atoms with Gasteiger partial charge >= 0.3 is 0 Å². The third-order valence-electron chi connectivity index (χ3n) is 7.25. The molecule has 0 bridgehead atoms. The van der Waals surface area contributed by atoms with Crippen molar-refractivity contribution in [2.24, 2.45) is 0 Å². The van der Waals surface area contributed by atoms with Gasteiger partial charge in [-0.25, -0.2) is 9.97 Å². The topological polar surface area (TPSA) is 101 Å². The maximum absolute atomic E-state index is 12.0. The number of anilines is 3. The van der Waals surface area contributed by atoms with Gasteiger partial charge in [0.15, 0.2) is 0 Å². The molecule has 202 valence electrons. The fraction of sp³-hybridized carbons (Fsp3) is 0.333. The van der Waals surface area contributed by atoms with E-state index in [0.29, 0.717) is 30.3 Å². The fourth-order valence-corrected chi connectivity index (χ4v) is 5.27. The standard InChI is InChI=1S/C30H35N7O2/c1-6-20-15-26(31-12-14-35(4)5)27(37(38)39)16-25(20)33-30-32-17-23(19(2)3)28(34-30)24-18-36-13-8-10-21-9-7-11-22(24)29(21)36/h7,9,11,15-18,31H,2,6,8,10,12-14H2,1,3-5H3,(H,32,33,34). The van der Waals surface area contributed by atoms with E-state index in [1.807, 2.05) is 38.9 Å². The van der Waals surface area contributed by atoms with Crippen LogP contribution in [-0.4, -0.2) is 51.5 Å². The Morgan fingerprint density at radius 1 is 1.26 bits per heavy atom. The first-order valence-corrected chi connectivity index (χ1v) is 13.4. The number of nitrogens with one attached hydrogen (secondary N) is 2. The van der Waals surface area contributed by atoms with Gasteiger partial charge < -0.3 is 20.1 Å². The molecule has 4 aromatic rings. The van der Waals surface area contributed by atoms with Gasteiger partial charge in [-0.3, -0.25) is 10.1 Å². The molecule has 39 heavy (non-hydrogen) atoms. The summed E-state index contributed by atoms with van der Waals surface area (Å²) in [6.45, 7) is 10.5. The van der Waals surface area contributed by atoms with E-state index < -0.39 is 0 Å². The van der Waals surface area contributed by atoms with Gasteiger partial charge in [-0.1, -0.05) is 31.7 Å². The van der Waals surface area contributed by atoms with Crippen molar-refractivity contribution in [3.05, 3.63) is 76.1 Å². The molecule has 0 amide bonds. The van der Waals surface area contributed by atoms with Crippen LogP contribution in [0.4, 0.5) is 23.0 Å². The summed E-state index contributed by atoms with van der Waals surface area (Å²) in [5.41, 5.74) is 8.31. The van der Waals surface area contributed by atoms with Crippen LogP contribution in [0.15, 0.2) is 49.3 Å². The van der Waals surface area contributed by atoms with Gasteiger partial charge in [-0.15, -0.1) is 0 Å². The highest BCUT2D eigenvalue weighted by Crippen LogP contribution is 2.38. The van der Waals surface area contributed by atoms with Crippen LogP contribution in [0.2, 0.25) is 0 Å². The zero-order valence-corrected chi connectivity index (χ0v) is 23.0. The molecular formula is C30H35N7O2. The Balaban J connectivity index is 1.56. The number of rotatable bonds is 10. The normalized spacial score (nSPS) is 12.6. The Kier molecular flexibility index (Phi) is 7.34. The summed E-state index contributed by atoms with van der Waals surface area (Å²) < 4.78 is 2.32. The maximum Gasteiger partial charge on any atom is 0.294 e. The number of nitrogens with zero attached hydrogens (tertiary/aromatic N) is 5. The second kappa shape index (κ2) is 10.9. The van der Waals surface area contributed by atoms with Crippen LogP contribution in [0.25, 0.3) is 27.7 Å². The van der Waals surface area contributed by atoms with Crippen molar-refractivity contribution in [1.82, 2.24) is 19.4 Å². The molecule has 5 rings (SSSR count). The Morgan fingerprint density at radius 2 is 2.08 bits per heavy atom. The van der Waals surface area contributed by atoms with Crippen molar-refractivity contribution >= 4 is 39.5 Å². The molecule has 0 radical (unpaired) electrons. The quantitative estimate of drug-likeness (QED) is 0.186. The summed E-state index contributed by atoms with van der Waals surface area (Å²) in [6, 6.07) is 9.89. The number of benzene rings is 2. The second-order valence-electron chi connectivity index (χ2n) is 10.4. The zero-order valence-electron chi connectivity index (χ0n) is 23.0. The molecule has 1 aliphatic heterocycles. The molecule has 0 unspecified atom stereocenters. The monoisotopic (exact) mass is 525 g/mol. The minimum atomic E-state index is -0.354. The number of nitro groups is 1. The van der Waals surface area contributed by atoms with Crippen LogP contribution >= 0.6 is 0 Å². The molecule has 0 saturated carbocycles. The zero-order chi connectivity index (χ0) is 27.7. The van der Waals surface area contributed by atoms with Crippen molar-refractivity contribution in [3.8, 4) is 11.3 Å². The minimum Gasteiger partial charge on any atom is -0.378 e. The molecule has 0 saturated heterocycles. The van der Waals surface area contributed by atoms with E-state index in [-0.39, 0.29) is 10.6 Å². The number of hydrogen-bond donors (Lipinski definition) is 2. The number of aromatic nitrogens is 3. The Morgan fingerprint density at radius 3 is 2.79 bits per heavy atom. The van der Waals surface area contributed by atoms with E-state index in [2.05, 4.69) is 51.2 Å². The van der Waals surface area contributed by atoms with Crippen molar-refractivity contribution in [3.63, 3.8) is 0 Å². The van der Waals surface area contributed by atoms with E-state index in [4.69, 9.17) is 4.98 Å². The minimum absolute atomic E-state index is 0.0150. The Bertz CT molecular complexity index is 1570. The molecule has 2 N–H and O–H groups in total. The fourth-order valence-electron chi connectivity index (χ4n) is 5.27. The Labute approximate surface area is 228 Å². The van der Waals surface area contributed by atoms with Gasteiger partial charge in [0, 0.05) is 54.6 Å². The van der Waals surface area contributed by atoms with E-state index in [1.54, 1.807) is 12.3 Å². The van der Waals surface area contributed by atoms with Crippen molar-refractivity contribution in [2.45, 2.75) is 39.7 Å². The molecule has 0 spiro atoms. The van der Waals surface area contributed by atoms with Gasteiger partial charge in [0.1, 0.15) is 5.69 Å². The van der Waals surface area contributed by atoms with Gasteiger partial charge in [0.05, 0.1) is 21.8 Å². The highest BCUT2D eigenvalue weighted by atomic mass is 16.6. The number of hydrogen-bond acceptors (Lipinski definition) is 7. The molecule has 2 aromatic carbocycles. The first kappa shape index (κ1) is 26.4. The third kappa shape index (κ3) is 5.22. The number of para-hydroxylation sites is 1. The van der Waals surface area contributed by atoms with Crippen LogP contribution in [-0.2, 0) is 19.4 Å². The average molecular weight is 526 g/mol. The molecule has 3 heterocycles. The lowest BCUT2D eigenvalue weighted by Crippen LogP contribution is -2.21. The number of likely N-dealkylation sites (N-methyl/N-ethyl adjacent to an activating group) is 1. The van der Waals surface area contributed by atoms with Crippen LogP contribution in [0.5, 0.6) is 0 Å². The van der Waals surface area contributed by atoms with Gasteiger partial charge in [-0.05, 0) is 63.0 Å². The summed E-state index contributed by atoms with van der Waals surface area (Å²) in [6.07, 6.45) is 6.85. The smallest absolute Gasteiger partial charge is 0.294 e. The first-order chi connectivity index (χ1) is 18.8. The summed E-state index contributed by atoms with van der Waals surface area (Å²) in [4.78, 5) is 23.2. The van der Waals surface area contributed by atoms with E-state index in [0.717, 1.165) is 59.3 Å². The van der Waals surface area contributed by atoms with Gasteiger partial charge in [0.25, 0.3) is 5.69 Å². The highest BCUT2D eigenvalue weighted by Gasteiger charge is 2.22. The predicted molar refractivity (Wildman–Crippen MR) is 159 cm³/mol. The first-order valence-electron chi connectivity index (χ1n) is 13.4. The lowest BCUT2D eigenvalue weighted by molar-refractivity contribution is -0.383. The molecule has 2 aromatic heterocycles. The van der Waals surface area contributed by atoms with Crippen LogP contribution in [0.3, 0.4) is 0 Å². The van der Waals surface area contributed by atoms with Crippen LogP contribution in [0.1, 0.15) is 37.0 Å². The SMILES string of the molecule is C=C(C)c1cnc(Nc2cc([N+](=O)[O-])c(NCCN(C)C)cc2CC)nc1-c1cn2c3c(cccc13)CCC2. The predicted octanol–water partition coefficient (Wildman–Crippen LogP) is 6.27. The lowest BCUT2D eigenvalue weighted by Gasteiger charge is -2.16. The second-order valence-corrected chi connectivity index (χ2v) is 10.4. The highest BCUT2D eigenvalue weighted by molar-refractivity contribution is 5.99. The lowest BCUT2D eigenvalue weighted by atomic mass is 9.99. The summed E-state index contributed by atoms with van der Waals surface area (Å²) in [7, 11) is 3.94. The molecule has 0 fully saturated rings. The van der Waals surface area contributed by atoms with E-state index >= 15 is 0 Å². The summed E-state index contributed by atoms with van der Waals surface area (Å²) in [5.74, 6) is 0.388. The maximum atomic E-state index is 12.0. The number of aryl methyl sites for hydroxylation is 3. The number of nitro benzene ring substituents is 1. The van der Waals surface area contributed by atoms with Gasteiger partial charge in [-0.2, -0.15) is 0 Å². The van der Waals surface area contributed by atoms with Crippen molar-refractivity contribution < 1.29 is 4.92 Å². The molecule has 9 nitrogen and oxygen atoms in total. The van der Waals surface area contributed by atoms with Crippen LogP contribution < -0.4 is 10.6 Å². The van der Waals surface area contributed by atoms with E-state index in [9.17, 15) is 10.1 Å². The molecular weight excluding hydrogens is 490 g/mol.